The lowest BCUT2D eigenvalue weighted by atomic mass is 10.2. The summed E-state index contributed by atoms with van der Waals surface area (Å²) in [5.41, 5.74) is 0.408. The minimum absolute atomic E-state index is 0.00559. The molecule has 0 heterocycles. The van der Waals surface area contributed by atoms with E-state index in [1.54, 1.807) is 24.3 Å². The molecular formula is C14H10Cl2O4S. The highest BCUT2D eigenvalue weighted by Gasteiger charge is 2.20. The lowest BCUT2D eigenvalue weighted by Gasteiger charge is -2.08. The zero-order chi connectivity index (χ0) is 15.6. The number of benzene rings is 2. The van der Waals surface area contributed by atoms with Crippen molar-refractivity contribution in [1.82, 2.24) is 0 Å². The summed E-state index contributed by atoms with van der Waals surface area (Å²) in [4.78, 5) is 10.7. The molecule has 7 heteroatoms. The third-order valence-corrected chi connectivity index (χ3v) is 5.20. The largest absolute Gasteiger partial charge is 0.478 e. The predicted molar refractivity (Wildman–Crippen MR) is 80.8 cm³/mol. The number of aromatic carboxylic acids is 1. The maximum atomic E-state index is 12.4. The standard InChI is InChI=1S/C14H10Cl2O4S/c15-11-4-1-9(2-5-11)8-21(19,20)13-7-10(14(17)18)3-6-12(13)16/h1-7H,8H2,(H,17,18). The van der Waals surface area contributed by atoms with Gasteiger partial charge < -0.3 is 5.11 Å². The Labute approximate surface area is 131 Å². The first kappa shape index (κ1) is 15.8. The van der Waals surface area contributed by atoms with Crippen molar-refractivity contribution in [2.75, 3.05) is 0 Å². The Hall–Kier alpha value is -1.56. The minimum Gasteiger partial charge on any atom is -0.478 e. The summed E-state index contributed by atoms with van der Waals surface area (Å²) < 4.78 is 24.7. The average molecular weight is 345 g/mol. The van der Waals surface area contributed by atoms with E-state index in [0.29, 0.717) is 10.6 Å². The molecule has 2 rings (SSSR count). The minimum atomic E-state index is -3.75. The number of hydrogen-bond donors (Lipinski definition) is 1. The third kappa shape index (κ3) is 3.75. The second-order valence-electron chi connectivity index (χ2n) is 4.34. The van der Waals surface area contributed by atoms with E-state index < -0.39 is 15.8 Å². The van der Waals surface area contributed by atoms with Crippen molar-refractivity contribution in [3.8, 4) is 0 Å². The van der Waals surface area contributed by atoms with E-state index in [1.807, 2.05) is 0 Å². The van der Waals surface area contributed by atoms with Crippen molar-refractivity contribution >= 4 is 39.0 Å². The topological polar surface area (TPSA) is 71.4 Å². The fraction of sp³-hybridized carbons (Fsp3) is 0.0714. The molecule has 2 aromatic carbocycles. The average Bonchev–Trinajstić information content (AvgIpc) is 2.41. The van der Waals surface area contributed by atoms with Crippen LogP contribution in [0.25, 0.3) is 0 Å². The number of carboxylic acids is 1. The molecule has 0 saturated heterocycles. The van der Waals surface area contributed by atoms with Crippen LogP contribution < -0.4 is 0 Å². The molecule has 0 aliphatic carbocycles. The second-order valence-corrected chi connectivity index (χ2v) is 7.14. The van der Waals surface area contributed by atoms with Crippen LogP contribution in [0.15, 0.2) is 47.4 Å². The predicted octanol–water partition coefficient (Wildman–Crippen LogP) is 3.67. The molecule has 0 fully saturated rings. The Morgan fingerprint density at radius 2 is 1.67 bits per heavy atom. The van der Waals surface area contributed by atoms with Gasteiger partial charge >= 0.3 is 5.97 Å². The Bertz CT molecular complexity index is 783. The van der Waals surface area contributed by atoms with Crippen molar-refractivity contribution in [3.05, 3.63) is 63.6 Å². The van der Waals surface area contributed by atoms with E-state index in [-0.39, 0.29) is 21.2 Å². The molecule has 0 amide bonds. The zero-order valence-electron chi connectivity index (χ0n) is 10.6. The monoisotopic (exact) mass is 344 g/mol. The van der Waals surface area contributed by atoms with Gasteiger partial charge in [0.15, 0.2) is 9.84 Å². The van der Waals surface area contributed by atoms with Gasteiger partial charge in [-0.3, -0.25) is 0 Å². The van der Waals surface area contributed by atoms with Gasteiger partial charge in [0.1, 0.15) is 0 Å². The smallest absolute Gasteiger partial charge is 0.335 e. The van der Waals surface area contributed by atoms with Crippen molar-refractivity contribution in [2.24, 2.45) is 0 Å². The number of halogens is 2. The number of hydrogen-bond acceptors (Lipinski definition) is 3. The molecule has 0 spiro atoms. The van der Waals surface area contributed by atoms with Crippen molar-refractivity contribution in [2.45, 2.75) is 10.6 Å². The molecule has 110 valence electrons. The Kier molecular flexibility index (Phi) is 4.56. The molecule has 0 atom stereocenters. The van der Waals surface area contributed by atoms with Crippen LogP contribution >= 0.6 is 23.2 Å². The van der Waals surface area contributed by atoms with Crippen LogP contribution in [-0.2, 0) is 15.6 Å². The number of sulfone groups is 1. The normalized spacial score (nSPS) is 11.3. The highest BCUT2D eigenvalue weighted by atomic mass is 35.5. The summed E-state index contributed by atoms with van der Waals surface area (Å²) in [5, 5.41) is 9.43. The van der Waals surface area contributed by atoms with Crippen molar-refractivity contribution in [3.63, 3.8) is 0 Å². The van der Waals surface area contributed by atoms with E-state index >= 15 is 0 Å². The first-order chi connectivity index (χ1) is 9.79. The maximum absolute atomic E-state index is 12.4. The molecule has 21 heavy (non-hydrogen) atoms. The molecule has 0 radical (unpaired) electrons. The molecule has 0 aliphatic rings. The van der Waals surface area contributed by atoms with Crippen LogP contribution in [0.3, 0.4) is 0 Å². The van der Waals surface area contributed by atoms with Crippen LogP contribution in [-0.4, -0.2) is 19.5 Å². The van der Waals surface area contributed by atoms with E-state index in [0.717, 1.165) is 6.07 Å². The van der Waals surface area contributed by atoms with Crippen LogP contribution in [0.2, 0.25) is 10.0 Å². The first-order valence-corrected chi connectivity index (χ1v) is 8.20. The Morgan fingerprint density at radius 3 is 2.24 bits per heavy atom. The quantitative estimate of drug-likeness (QED) is 0.918. The number of carbonyl (C=O) groups is 1. The van der Waals surface area contributed by atoms with Crippen LogP contribution in [0, 0.1) is 0 Å². The highest BCUT2D eigenvalue weighted by molar-refractivity contribution is 7.90. The SMILES string of the molecule is O=C(O)c1ccc(Cl)c(S(=O)(=O)Cc2ccc(Cl)cc2)c1. The van der Waals surface area contributed by atoms with E-state index in [9.17, 15) is 13.2 Å². The van der Waals surface area contributed by atoms with Crippen LogP contribution in [0.5, 0.6) is 0 Å². The van der Waals surface area contributed by atoms with E-state index in [2.05, 4.69) is 0 Å². The molecule has 4 nitrogen and oxygen atoms in total. The first-order valence-electron chi connectivity index (χ1n) is 5.79. The van der Waals surface area contributed by atoms with Gasteiger partial charge in [-0.15, -0.1) is 0 Å². The number of rotatable bonds is 4. The summed E-state index contributed by atoms with van der Waals surface area (Å²) in [6.07, 6.45) is 0. The van der Waals surface area contributed by atoms with Gasteiger partial charge in [0.2, 0.25) is 0 Å². The number of carboxylic acid groups (broad SMARTS) is 1. The van der Waals surface area contributed by atoms with E-state index in [1.165, 1.54) is 12.1 Å². The van der Waals surface area contributed by atoms with Gasteiger partial charge in [-0.25, -0.2) is 13.2 Å². The maximum Gasteiger partial charge on any atom is 0.335 e. The second kappa shape index (κ2) is 6.05. The zero-order valence-corrected chi connectivity index (χ0v) is 12.9. The Morgan fingerprint density at radius 1 is 1.05 bits per heavy atom. The summed E-state index contributed by atoms with van der Waals surface area (Å²) in [6, 6.07) is 9.94. The van der Waals surface area contributed by atoms with Gasteiger partial charge in [0, 0.05) is 5.02 Å². The molecular weight excluding hydrogens is 335 g/mol. The molecule has 1 N–H and O–H groups in total. The molecule has 0 bridgehead atoms. The third-order valence-electron chi connectivity index (χ3n) is 2.78. The fourth-order valence-corrected chi connectivity index (χ4v) is 3.81. The fourth-order valence-electron chi connectivity index (χ4n) is 1.75. The van der Waals surface area contributed by atoms with Gasteiger partial charge in [-0.05, 0) is 35.9 Å². The van der Waals surface area contributed by atoms with Crippen molar-refractivity contribution in [1.29, 1.82) is 0 Å². The van der Waals surface area contributed by atoms with E-state index in [4.69, 9.17) is 28.3 Å². The molecule has 0 aliphatic heterocycles. The van der Waals surface area contributed by atoms with Gasteiger partial charge in [0.25, 0.3) is 0 Å². The molecule has 0 saturated carbocycles. The molecule has 2 aromatic rings. The highest BCUT2D eigenvalue weighted by Crippen LogP contribution is 2.26. The lowest BCUT2D eigenvalue weighted by Crippen LogP contribution is -2.07. The van der Waals surface area contributed by atoms with Crippen LogP contribution in [0.1, 0.15) is 15.9 Å². The summed E-state index contributed by atoms with van der Waals surface area (Å²) in [5.74, 6) is -1.50. The Balaban J connectivity index is 2.41. The summed E-state index contributed by atoms with van der Waals surface area (Å²) in [6.45, 7) is 0. The lowest BCUT2D eigenvalue weighted by molar-refractivity contribution is 0.0696. The van der Waals surface area contributed by atoms with Gasteiger partial charge in [-0.1, -0.05) is 35.3 Å². The summed E-state index contributed by atoms with van der Waals surface area (Å²) in [7, 11) is -3.75. The molecule has 0 unspecified atom stereocenters. The summed E-state index contributed by atoms with van der Waals surface area (Å²) >= 11 is 11.6. The molecule has 0 aromatic heterocycles. The van der Waals surface area contributed by atoms with Gasteiger partial charge in [-0.2, -0.15) is 0 Å². The van der Waals surface area contributed by atoms with Crippen molar-refractivity contribution < 1.29 is 18.3 Å². The van der Waals surface area contributed by atoms with Gasteiger partial charge in [0.05, 0.1) is 21.2 Å². The van der Waals surface area contributed by atoms with Crippen LogP contribution in [0.4, 0.5) is 0 Å².